The highest BCUT2D eigenvalue weighted by molar-refractivity contribution is 7.13. The molecule has 0 bridgehead atoms. The van der Waals surface area contributed by atoms with E-state index in [0.717, 1.165) is 0 Å². The van der Waals surface area contributed by atoms with Crippen molar-refractivity contribution in [3.63, 3.8) is 0 Å². The lowest BCUT2D eigenvalue weighted by Crippen LogP contribution is -2.68. The molecule has 3 aromatic heterocycles. The van der Waals surface area contributed by atoms with Crippen LogP contribution in [0.3, 0.4) is 0 Å². The van der Waals surface area contributed by atoms with Gasteiger partial charge in [0.25, 0.3) is 6.43 Å². The fourth-order valence-corrected chi connectivity index (χ4v) is 6.38. The van der Waals surface area contributed by atoms with Crippen molar-refractivity contribution in [2.75, 3.05) is 42.7 Å². The number of pyridine rings is 2. The van der Waals surface area contributed by atoms with Gasteiger partial charge in [0.1, 0.15) is 29.1 Å². The molecule has 3 aliphatic rings. The maximum atomic E-state index is 13.8. The normalized spacial score (nSPS) is 24.0. The third kappa shape index (κ3) is 4.98. The van der Waals surface area contributed by atoms with Crippen LogP contribution in [0.15, 0.2) is 41.9 Å². The SMILES string of the molecule is C[C@@H]1N(c2cc(Cl)cnc2O[C@H]2C[C@@H](C(=O)O)N(c3cc(-c4cccs4)nc(C(F)F)c3)C2)CCOC12COC2. The summed E-state index contributed by atoms with van der Waals surface area (Å²) in [6.45, 7) is 4.29. The van der Waals surface area contributed by atoms with E-state index in [-0.39, 0.29) is 19.0 Å². The van der Waals surface area contributed by atoms with Crippen molar-refractivity contribution < 1.29 is 32.9 Å². The Hall–Kier alpha value is -3.06. The highest BCUT2D eigenvalue weighted by Gasteiger charge is 2.50. The monoisotopic (exact) mass is 592 g/mol. The third-order valence-corrected chi connectivity index (χ3v) is 8.84. The average molecular weight is 593 g/mol. The number of alkyl halides is 2. The minimum absolute atomic E-state index is 0.0373. The molecule has 3 aromatic rings. The van der Waals surface area contributed by atoms with Crippen LogP contribution in [-0.4, -0.2) is 77.7 Å². The smallest absolute Gasteiger partial charge is 0.326 e. The van der Waals surface area contributed by atoms with E-state index in [1.807, 2.05) is 11.4 Å². The van der Waals surface area contributed by atoms with Crippen LogP contribution in [0.1, 0.15) is 25.5 Å². The molecule has 1 spiro atoms. The quantitative estimate of drug-likeness (QED) is 0.411. The third-order valence-electron chi connectivity index (χ3n) is 7.74. The van der Waals surface area contributed by atoms with Crippen molar-refractivity contribution in [3.05, 3.63) is 52.6 Å². The van der Waals surface area contributed by atoms with Crippen LogP contribution in [0.2, 0.25) is 5.02 Å². The van der Waals surface area contributed by atoms with Crippen LogP contribution in [-0.2, 0) is 14.3 Å². The molecule has 3 aliphatic heterocycles. The molecule has 13 heteroatoms. The number of halogens is 3. The van der Waals surface area contributed by atoms with E-state index in [0.29, 0.717) is 59.2 Å². The number of aromatic nitrogens is 2. The van der Waals surface area contributed by atoms with E-state index in [4.69, 9.17) is 25.8 Å². The predicted molar refractivity (Wildman–Crippen MR) is 146 cm³/mol. The molecule has 3 saturated heterocycles. The number of nitrogens with zero attached hydrogens (tertiary/aromatic N) is 4. The average Bonchev–Trinajstić information content (AvgIpc) is 3.60. The number of carboxylic acids is 1. The molecule has 0 saturated carbocycles. The summed E-state index contributed by atoms with van der Waals surface area (Å²) >= 11 is 7.70. The Balaban J connectivity index is 1.29. The molecule has 9 nitrogen and oxygen atoms in total. The van der Waals surface area contributed by atoms with Crippen LogP contribution in [0.5, 0.6) is 5.88 Å². The van der Waals surface area contributed by atoms with Gasteiger partial charge in [0.15, 0.2) is 0 Å². The van der Waals surface area contributed by atoms with Crippen LogP contribution < -0.4 is 14.5 Å². The van der Waals surface area contributed by atoms with Gasteiger partial charge in [-0.15, -0.1) is 11.3 Å². The Kier molecular flexibility index (Phi) is 7.28. The summed E-state index contributed by atoms with van der Waals surface area (Å²) in [7, 11) is 0. The van der Waals surface area contributed by atoms with Crippen molar-refractivity contribution in [2.24, 2.45) is 0 Å². The number of morpholine rings is 1. The Morgan fingerprint density at radius 3 is 2.80 bits per heavy atom. The van der Waals surface area contributed by atoms with Gasteiger partial charge < -0.3 is 29.1 Å². The van der Waals surface area contributed by atoms with Gasteiger partial charge in [-0.1, -0.05) is 17.7 Å². The molecule has 3 atom stereocenters. The molecule has 0 unspecified atom stereocenters. The molecule has 0 radical (unpaired) electrons. The zero-order chi connectivity index (χ0) is 28.0. The van der Waals surface area contributed by atoms with Gasteiger partial charge >= 0.3 is 5.97 Å². The first kappa shape index (κ1) is 27.1. The molecule has 6 rings (SSSR count). The molecule has 6 heterocycles. The van der Waals surface area contributed by atoms with Crippen molar-refractivity contribution >= 4 is 40.3 Å². The first-order valence-electron chi connectivity index (χ1n) is 12.9. The number of carboxylic acid groups (broad SMARTS) is 1. The van der Waals surface area contributed by atoms with Crippen LogP contribution in [0.4, 0.5) is 20.2 Å². The van der Waals surface area contributed by atoms with E-state index in [2.05, 4.69) is 21.8 Å². The summed E-state index contributed by atoms with van der Waals surface area (Å²) in [5, 5.41) is 12.3. The van der Waals surface area contributed by atoms with E-state index < -0.39 is 35.8 Å². The number of hydrogen-bond donors (Lipinski definition) is 1. The molecule has 212 valence electrons. The molecular weight excluding hydrogens is 566 g/mol. The molecule has 1 N–H and O–H groups in total. The summed E-state index contributed by atoms with van der Waals surface area (Å²) in [6, 6.07) is 7.26. The van der Waals surface area contributed by atoms with E-state index in [1.54, 1.807) is 23.1 Å². The van der Waals surface area contributed by atoms with Gasteiger partial charge in [0, 0.05) is 24.8 Å². The number of anilines is 2. The first-order chi connectivity index (χ1) is 19.2. The van der Waals surface area contributed by atoms with E-state index in [1.165, 1.54) is 23.6 Å². The molecule has 3 fully saturated rings. The summed E-state index contributed by atoms with van der Waals surface area (Å²) < 4.78 is 45.4. The maximum absolute atomic E-state index is 13.8. The second kappa shape index (κ2) is 10.7. The Morgan fingerprint density at radius 1 is 1.30 bits per heavy atom. The van der Waals surface area contributed by atoms with Crippen LogP contribution in [0.25, 0.3) is 10.6 Å². The fourth-order valence-electron chi connectivity index (χ4n) is 5.54. The summed E-state index contributed by atoms with van der Waals surface area (Å²) in [5.74, 6) is -0.746. The Labute approximate surface area is 238 Å². The molecule has 40 heavy (non-hydrogen) atoms. The lowest BCUT2D eigenvalue weighted by Gasteiger charge is -2.53. The highest BCUT2D eigenvalue weighted by atomic mass is 35.5. The van der Waals surface area contributed by atoms with Crippen molar-refractivity contribution in [1.29, 1.82) is 0 Å². The second-order valence-electron chi connectivity index (χ2n) is 10.1. The highest BCUT2D eigenvalue weighted by Crippen LogP contribution is 2.40. The van der Waals surface area contributed by atoms with Crippen LogP contribution >= 0.6 is 22.9 Å². The summed E-state index contributed by atoms with van der Waals surface area (Å²) in [5.41, 5.74) is 0.578. The second-order valence-corrected chi connectivity index (χ2v) is 11.5. The number of ether oxygens (including phenoxy) is 3. The topological polar surface area (TPSA) is 97.3 Å². The molecule has 0 amide bonds. The number of carbonyl (C=O) groups is 1. The van der Waals surface area contributed by atoms with Crippen molar-refractivity contribution in [3.8, 4) is 16.5 Å². The summed E-state index contributed by atoms with van der Waals surface area (Å²) in [4.78, 5) is 25.3. The van der Waals surface area contributed by atoms with Crippen molar-refractivity contribution in [1.82, 2.24) is 9.97 Å². The summed E-state index contributed by atoms with van der Waals surface area (Å²) in [6.07, 6.45) is -1.76. The van der Waals surface area contributed by atoms with Gasteiger partial charge in [-0.05, 0) is 36.6 Å². The van der Waals surface area contributed by atoms with Gasteiger partial charge in [-0.2, -0.15) is 0 Å². The fraction of sp³-hybridized carbons (Fsp3) is 0.444. The van der Waals surface area contributed by atoms with Gasteiger partial charge in [-0.3, -0.25) is 0 Å². The number of aliphatic carboxylic acids is 1. The molecule has 0 aromatic carbocycles. The lowest BCUT2D eigenvalue weighted by molar-refractivity contribution is -0.228. The zero-order valence-electron chi connectivity index (χ0n) is 21.5. The van der Waals surface area contributed by atoms with Gasteiger partial charge in [0.05, 0.1) is 48.0 Å². The number of rotatable bonds is 7. The maximum Gasteiger partial charge on any atom is 0.326 e. The number of hydrogen-bond acceptors (Lipinski definition) is 9. The van der Waals surface area contributed by atoms with E-state index >= 15 is 0 Å². The van der Waals surface area contributed by atoms with Crippen LogP contribution in [0, 0.1) is 0 Å². The Bertz CT molecular complexity index is 1390. The predicted octanol–water partition coefficient (Wildman–Crippen LogP) is 4.90. The minimum Gasteiger partial charge on any atom is -0.480 e. The van der Waals surface area contributed by atoms with E-state index in [9.17, 15) is 18.7 Å². The minimum atomic E-state index is -2.81. The van der Waals surface area contributed by atoms with Crippen molar-refractivity contribution in [2.45, 2.75) is 43.6 Å². The largest absolute Gasteiger partial charge is 0.480 e. The number of thiophene rings is 1. The zero-order valence-corrected chi connectivity index (χ0v) is 23.1. The van der Waals surface area contributed by atoms with Gasteiger partial charge in [0.2, 0.25) is 5.88 Å². The van der Waals surface area contributed by atoms with Gasteiger partial charge in [-0.25, -0.2) is 23.5 Å². The molecular formula is C27H27ClF2N4O5S. The molecule has 0 aliphatic carbocycles. The first-order valence-corrected chi connectivity index (χ1v) is 14.1. The Morgan fingerprint density at radius 2 is 2.12 bits per heavy atom. The standard InChI is InChI=1S/C27H27ClF2N4O5S/c1-15-27(13-37-14-27)38-5-4-33(15)21-7-16(28)11-31-25(21)39-18-10-22(26(35)36)34(12-18)17-8-19(23-3-2-6-40-23)32-20(9-17)24(29)30/h2-3,6-9,11,15,18,22,24H,4-5,10,12-14H2,1H3,(H,35,36)/t15-,18-,22-/m0/s1. The lowest BCUT2D eigenvalue weighted by atomic mass is 9.90.